The van der Waals surface area contributed by atoms with E-state index in [4.69, 9.17) is 11.5 Å². The largest absolute Gasteiger partial charge is 0.480 e. The maximum Gasteiger partial charge on any atom is 0.320 e. The monoisotopic (exact) mass is 184 g/mol. The third-order valence-electron chi connectivity index (χ3n) is 1.33. The van der Waals surface area contributed by atoms with Gasteiger partial charge in [0.05, 0.1) is 13.1 Å². The van der Waals surface area contributed by atoms with Gasteiger partial charge in [0, 0.05) is 0 Å². The summed E-state index contributed by atoms with van der Waals surface area (Å²) in [5, 5.41) is 13.4. The molecule has 1 amide bonds. The number of carbonyl (C=O) groups excluding carboxylic acids is 1. The number of carbonyl (C=O) groups is 2. The molecule has 0 radical (unpaired) electrons. The van der Waals surface area contributed by atoms with Crippen LogP contribution in [0.4, 0.5) is 0 Å². The van der Waals surface area contributed by atoms with E-state index < -0.39 is 12.0 Å². The lowest BCUT2D eigenvalue weighted by Gasteiger charge is -2.07. The van der Waals surface area contributed by atoms with Crippen LogP contribution in [0.2, 0.25) is 0 Å². The maximum absolute atomic E-state index is 10.9. The number of rotatable bonds is 5. The van der Waals surface area contributed by atoms with Gasteiger partial charge in [-0.2, -0.15) is 0 Å². The molecule has 5 heteroatoms. The molecule has 0 aromatic heterocycles. The quantitative estimate of drug-likeness (QED) is 0.469. The summed E-state index contributed by atoms with van der Waals surface area (Å²) in [6.07, 6.45) is 4.90. The molecule has 0 aliphatic carbocycles. The van der Waals surface area contributed by atoms with Gasteiger partial charge >= 0.3 is 5.97 Å². The first-order chi connectivity index (χ1) is 6.07. The maximum atomic E-state index is 10.9. The van der Waals surface area contributed by atoms with E-state index in [-0.39, 0.29) is 19.0 Å². The summed E-state index contributed by atoms with van der Waals surface area (Å²) in [4.78, 5) is 21.2. The number of terminal acetylenes is 1. The molecule has 13 heavy (non-hydrogen) atoms. The Hall–Kier alpha value is -1.54. The average molecular weight is 184 g/mol. The van der Waals surface area contributed by atoms with Crippen LogP contribution >= 0.6 is 0 Å². The Morgan fingerprint density at radius 2 is 2.23 bits per heavy atom. The van der Waals surface area contributed by atoms with Crippen LogP contribution in [0.15, 0.2) is 0 Å². The van der Waals surface area contributed by atoms with Gasteiger partial charge in [-0.25, -0.2) is 0 Å². The van der Waals surface area contributed by atoms with Crippen molar-refractivity contribution in [2.75, 3.05) is 13.1 Å². The van der Waals surface area contributed by atoms with E-state index in [1.165, 1.54) is 6.92 Å². The normalized spacial score (nSPS) is 11.4. The Balaban J connectivity index is 3.59. The van der Waals surface area contributed by atoms with Gasteiger partial charge in [-0.3, -0.25) is 14.9 Å². The number of carboxylic acids is 1. The molecular formula is C8H12N2O3. The minimum Gasteiger partial charge on any atom is -0.480 e. The zero-order valence-corrected chi connectivity index (χ0v) is 7.33. The summed E-state index contributed by atoms with van der Waals surface area (Å²) < 4.78 is 0. The molecule has 0 aliphatic heterocycles. The van der Waals surface area contributed by atoms with Gasteiger partial charge in [0.25, 0.3) is 0 Å². The molecule has 0 aromatic carbocycles. The smallest absolute Gasteiger partial charge is 0.320 e. The average Bonchev–Trinajstić information content (AvgIpc) is 2.10. The van der Waals surface area contributed by atoms with Crippen LogP contribution in [0.5, 0.6) is 0 Å². The highest BCUT2D eigenvalue weighted by Crippen LogP contribution is 1.79. The van der Waals surface area contributed by atoms with E-state index in [0.29, 0.717) is 0 Å². The van der Waals surface area contributed by atoms with E-state index in [9.17, 15) is 9.59 Å². The Bertz CT molecular complexity index is 232. The lowest BCUT2D eigenvalue weighted by Crippen LogP contribution is -2.41. The van der Waals surface area contributed by atoms with Crippen LogP contribution in [0.25, 0.3) is 0 Å². The molecular weight excluding hydrogens is 172 g/mol. The van der Waals surface area contributed by atoms with Crippen LogP contribution in [0.1, 0.15) is 6.92 Å². The predicted octanol–water partition coefficient (Wildman–Crippen LogP) is -1.20. The van der Waals surface area contributed by atoms with Gasteiger partial charge in [0.1, 0.15) is 6.04 Å². The van der Waals surface area contributed by atoms with E-state index in [1.54, 1.807) is 0 Å². The molecule has 0 bridgehead atoms. The Labute approximate surface area is 76.5 Å². The number of hydrogen-bond donors (Lipinski definition) is 3. The van der Waals surface area contributed by atoms with Crippen molar-refractivity contribution in [3.05, 3.63) is 0 Å². The number of nitrogens with one attached hydrogen (secondary N) is 2. The van der Waals surface area contributed by atoms with Gasteiger partial charge in [0.2, 0.25) is 5.91 Å². The zero-order valence-electron chi connectivity index (χ0n) is 7.33. The molecule has 0 heterocycles. The third kappa shape index (κ3) is 5.70. The van der Waals surface area contributed by atoms with Crippen LogP contribution in [0.3, 0.4) is 0 Å². The number of amides is 1. The number of aliphatic carboxylic acids is 1. The van der Waals surface area contributed by atoms with Crippen LogP contribution in [0, 0.1) is 12.3 Å². The third-order valence-corrected chi connectivity index (χ3v) is 1.33. The van der Waals surface area contributed by atoms with Crippen molar-refractivity contribution in [2.45, 2.75) is 13.0 Å². The molecule has 3 N–H and O–H groups in total. The topological polar surface area (TPSA) is 78.4 Å². The molecule has 5 nitrogen and oxygen atoms in total. The highest BCUT2D eigenvalue weighted by atomic mass is 16.4. The molecule has 0 saturated carbocycles. The fourth-order valence-corrected chi connectivity index (χ4v) is 0.545. The van der Waals surface area contributed by atoms with Gasteiger partial charge in [-0.1, -0.05) is 5.92 Å². The van der Waals surface area contributed by atoms with Crippen molar-refractivity contribution in [3.63, 3.8) is 0 Å². The van der Waals surface area contributed by atoms with Crippen molar-refractivity contribution >= 4 is 11.9 Å². The highest BCUT2D eigenvalue weighted by Gasteiger charge is 2.10. The van der Waals surface area contributed by atoms with Crippen molar-refractivity contribution in [2.24, 2.45) is 0 Å². The predicted molar refractivity (Wildman–Crippen MR) is 46.9 cm³/mol. The molecule has 0 aliphatic rings. The van der Waals surface area contributed by atoms with Crippen molar-refractivity contribution < 1.29 is 14.7 Å². The van der Waals surface area contributed by atoms with E-state index in [0.717, 1.165) is 0 Å². The molecule has 0 spiro atoms. The SMILES string of the molecule is C#CCNC(=O)CN[C@H](C)C(=O)O. The Morgan fingerprint density at radius 3 is 2.69 bits per heavy atom. The Morgan fingerprint density at radius 1 is 1.62 bits per heavy atom. The summed E-state index contributed by atoms with van der Waals surface area (Å²) in [7, 11) is 0. The molecule has 72 valence electrons. The highest BCUT2D eigenvalue weighted by molar-refractivity contribution is 5.79. The second-order valence-electron chi connectivity index (χ2n) is 2.42. The number of hydrogen-bond acceptors (Lipinski definition) is 3. The van der Waals surface area contributed by atoms with Crippen molar-refractivity contribution in [1.29, 1.82) is 0 Å². The first kappa shape index (κ1) is 11.5. The van der Waals surface area contributed by atoms with Gasteiger partial charge in [-0.05, 0) is 6.92 Å². The molecule has 0 aromatic rings. The van der Waals surface area contributed by atoms with E-state index in [2.05, 4.69) is 16.6 Å². The second-order valence-corrected chi connectivity index (χ2v) is 2.42. The fourth-order valence-electron chi connectivity index (χ4n) is 0.545. The van der Waals surface area contributed by atoms with Crippen LogP contribution < -0.4 is 10.6 Å². The zero-order chi connectivity index (χ0) is 10.3. The van der Waals surface area contributed by atoms with Crippen molar-refractivity contribution in [3.8, 4) is 12.3 Å². The van der Waals surface area contributed by atoms with E-state index in [1.807, 2.05) is 0 Å². The van der Waals surface area contributed by atoms with Crippen LogP contribution in [-0.4, -0.2) is 36.1 Å². The summed E-state index contributed by atoms with van der Waals surface area (Å²) in [6, 6.07) is -0.739. The fraction of sp³-hybridized carbons (Fsp3) is 0.500. The summed E-state index contributed by atoms with van der Waals surface area (Å²) in [5.74, 6) is 0.924. The first-order valence-electron chi connectivity index (χ1n) is 3.74. The summed E-state index contributed by atoms with van der Waals surface area (Å²) in [6.45, 7) is 1.56. The number of carboxylic acid groups (broad SMARTS) is 1. The molecule has 0 rings (SSSR count). The van der Waals surface area contributed by atoms with Gasteiger partial charge in [-0.15, -0.1) is 6.42 Å². The minimum absolute atomic E-state index is 0.0465. The lowest BCUT2D eigenvalue weighted by atomic mass is 10.3. The minimum atomic E-state index is -0.996. The molecule has 1 atom stereocenters. The van der Waals surface area contributed by atoms with Crippen molar-refractivity contribution in [1.82, 2.24) is 10.6 Å². The summed E-state index contributed by atoms with van der Waals surface area (Å²) in [5.41, 5.74) is 0. The lowest BCUT2D eigenvalue weighted by molar-refractivity contribution is -0.139. The Kier molecular flexibility index (Phi) is 5.32. The molecule has 0 fully saturated rings. The first-order valence-corrected chi connectivity index (χ1v) is 3.74. The standard InChI is InChI=1S/C8H12N2O3/c1-3-4-9-7(11)5-10-6(2)8(12)13/h1,6,10H,4-5H2,2H3,(H,9,11)(H,12,13)/t6-/m1/s1. The summed E-state index contributed by atoms with van der Waals surface area (Å²) >= 11 is 0. The van der Waals surface area contributed by atoms with Crippen LogP contribution in [-0.2, 0) is 9.59 Å². The molecule has 0 saturated heterocycles. The van der Waals surface area contributed by atoms with E-state index >= 15 is 0 Å². The second kappa shape index (κ2) is 6.03. The van der Waals surface area contributed by atoms with Gasteiger partial charge in [0.15, 0.2) is 0 Å². The van der Waals surface area contributed by atoms with Gasteiger partial charge < -0.3 is 10.4 Å². The molecule has 0 unspecified atom stereocenters.